The van der Waals surface area contributed by atoms with Gasteiger partial charge in [0.25, 0.3) is 0 Å². The van der Waals surface area contributed by atoms with Crippen molar-refractivity contribution in [3.8, 4) is 12.8 Å². The second-order valence-corrected chi connectivity index (χ2v) is 9.74. The minimum atomic E-state index is 1.03. The van der Waals surface area contributed by atoms with Crippen molar-refractivity contribution in [3.63, 3.8) is 0 Å². The zero-order valence-corrected chi connectivity index (χ0v) is 29.4. The molecule has 1 heterocycles. The van der Waals surface area contributed by atoms with E-state index in [2.05, 4.69) is 122 Å². The van der Waals surface area contributed by atoms with Crippen LogP contribution in [0, 0.1) is 25.7 Å². The van der Waals surface area contributed by atoms with E-state index in [-0.39, 0.29) is 0 Å². The highest BCUT2D eigenvalue weighted by Gasteiger charge is 2.13. The smallest absolute Gasteiger partial charge is 0.0171 e. The first-order valence-corrected chi connectivity index (χ1v) is 15.7. The molecule has 41 heavy (non-hydrogen) atoms. The number of piperidine rings is 1. The molecule has 0 atom stereocenters. The van der Waals surface area contributed by atoms with E-state index in [1.165, 1.54) is 74.0 Å². The molecule has 0 unspecified atom stereocenters. The van der Waals surface area contributed by atoms with Crippen LogP contribution in [0.2, 0.25) is 0 Å². The highest BCUT2D eigenvalue weighted by Crippen LogP contribution is 2.22. The summed E-state index contributed by atoms with van der Waals surface area (Å²) in [4.78, 5) is 4.59. The van der Waals surface area contributed by atoms with Crippen molar-refractivity contribution in [2.75, 3.05) is 27.2 Å². The summed E-state index contributed by atoms with van der Waals surface area (Å²) < 4.78 is 0. The van der Waals surface area contributed by atoms with Crippen LogP contribution in [0.25, 0.3) is 5.57 Å². The Labute approximate surface area is 259 Å². The van der Waals surface area contributed by atoms with Gasteiger partial charge in [0.05, 0.1) is 0 Å². The maximum Gasteiger partial charge on any atom is 0.0171 e. The summed E-state index contributed by atoms with van der Waals surface area (Å²) >= 11 is 0. The number of allylic oxidation sites excluding steroid dienone is 7. The Morgan fingerprint density at radius 1 is 1.00 bits per heavy atom. The molecule has 2 nitrogen and oxygen atoms in total. The Kier molecular flexibility index (Phi) is 35.0. The lowest BCUT2D eigenvalue weighted by molar-refractivity contribution is 0.216. The van der Waals surface area contributed by atoms with Crippen molar-refractivity contribution in [1.82, 2.24) is 9.80 Å². The first-order chi connectivity index (χ1) is 19.6. The second kappa shape index (κ2) is 31.8. The number of aryl methyl sites for hydroxylation is 1. The number of unbranched alkanes of at least 4 members (excludes halogenated alkanes) is 2. The number of nitrogens with zero attached hydrogens (tertiary/aromatic N) is 2. The van der Waals surface area contributed by atoms with Gasteiger partial charge in [-0.1, -0.05) is 110 Å². The lowest BCUT2D eigenvalue weighted by atomic mass is 9.95. The third-order valence-electron chi connectivity index (χ3n) is 6.96. The molecular weight excluding hydrogens is 496 g/mol. The monoisotopic (exact) mass is 565 g/mol. The summed E-state index contributed by atoms with van der Waals surface area (Å²) in [5.41, 5.74) is 7.03. The molecule has 234 valence electrons. The average Bonchev–Trinajstić information content (AvgIpc) is 3.02. The molecule has 0 aliphatic carbocycles. The number of hydrogen-bond donors (Lipinski definition) is 0. The third-order valence-corrected chi connectivity index (χ3v) is 6.96. The molecule has 0 bridgehead atoms. The number of benzene rings is 1. The molecule has 2 rings (SSSR count). The lowest BCUT2D eigenvalue weighted by Gasteiger charge is -2.27. The van der Waals surface area contributed by atoms with Crippen LogP contribution in [0.15, 0.2) is 79.2 Å². The molecule has 0 aromatic heterocycles. The Morgan fingerprint density at radius 2 is 1.51 bits per heavy atom. The molecule has 0 N–H and O–H groups in total. The van der Waals surface area contributed by atoms with Gasteiger partial charge in [0.1, 0.15) is 0 Å². The molecule has 1 aromatic carbocycles. The molecule has 1 aliphatic rings. The van der Waals surface area contributed by atoms with E-state index in [1.807, 2.05) is 45.9 Å². The predicted octanol–water partition coefficient (Wildman–Crippen LogP) is 11.7. The number of terminal acetylenes is 1. The van der Waals surface area contributed by atoms with Crippen LogP contribution in [-0.4, -0.2) is 37.0 Å². The molecule has 0 spiro atoms. The minimum Gasteiger partial charge on any atom is -0.352 e. The largest absolute Gasteiger partial charge is 0.352 e. The van der Waals surface area contributed by atoms with E-state index < -0.39 is 0 Å². The average molecular weight is 565 g/mol. The van der Waals surface area contributed by atoms with Crippen molar-refractivity contribution in [2.45, 2.75) is 108 Å². The first kappa shape index (κ1) is 45.2. The minimum absolute atomic E-state index is 1.03. The molecule has 1 aromatic rings. The van der Waals surface area contributed by atoms with Gasteiger partial charge in [-0.2, -0.15) is 0 Å². The molecule has 1 saturated heterocycles. The van der Waals surface area contributed by atoms with Crippen LogP contribution in [0.3, 0.4) is 0 Å². The quantitative estimate of drug-likeness (QED) is 0.127. The summed E-state index contributed by atoms with van der Waals surface area (Å²) in [5, 5.41) is 0. The van der Waals surface area contributed by atoms with Crippen LogP contribution in [0.4, 0.5) is 0 Å². The van der Waals surface area contributed by atoms with Crippen molar-refractivity contribution in [2.24, 2.45) is 5.92 Å². The van der Waals surface area contributed by atoms with E-state index in [0.717, 1.165) is 17.2 Å². The van der Waals surface area contributed by atoms with Crippen molar-refractivity contribution >= 4 is 5.57 Å². The van der Waals surface area contributed by atoms with Gasteiger partial charge in [-0.25, -0.2) is 0 Å². The molecule has 0 radical (unpaired) electrons. The highest BCUT2D eigenvalue weighted by atomic mass is 15.1. The standard InChI is InChI=1S/C19H25N.C8H17N.C6H12.2C2H6.C2H2/c1-8-14(2)18(6)20(7)17(5)13-16(4)19-12-10-9-11-15(19)3;1-3-8-4-6-9(2)7-5-8;1-3-5-6-4-2;3*1-2/h8-13H,1,4H2,2-3,5-7H3;8H,3-7H2,1-2H3;3H,1,4-6H2,2H3;2*1-2H3;1-2H/b17-13-,18-14-;;;;;. The summed E-state index contributed by atoms with van der Waals surface area (Å²) in [6.45, 7) is 35.1. The summed E-state index contributed by atoms with van der Waals surface area (Å²) in [6.07, 6.45) is 22.0. The zero-order valence-electron chi connectivity index (χ0n) is 29.4. The van der Waals surface area contributed by atoms with Crippen LogP contribution < -0.4 is 0 Å². The van der Waals surface area contributed by atoms with Crippen LogP contribution >= 0.6 is 0 Å². The van der Waals surface area contributed by atoms with Gasteiger partial charge in [0.2, 0.25) is 0 Å². The molecule has 0 saturated carbocycles. The van der Waals surface area contributed by atoms with Crippen LogP contribution in [0.5, 0.6) is 0 Å². The second-order valence-electron chi connectivity index (χ2n) is 9.74. The van der Waals surface area contributed by atoms with Crippen molar-refractivity contribution in [3.05, 3.63) is 90.3 Å². The summed E-state index contributed by atoms with van der Waals surface area (Å²) in [6, 6.07) is 8.32. The maximum atomic E-state index is 4.19. The van der Waals surface area contributed by atoms with Crippen LogP contribution in [0.1, 0.15) is 112 Å². The molecule has 1 aliphatic heterocycles. The van der Waals surface area contributed by atoms with E-state index in [1.54, 1.807) is 0 Å². The Balaban J connectivity index is -0.000000269. The fraction of sp³-hybridized carbons (Fsp3) is 0.538. The summed E-state index contributed by atoms with van der Waals surface area (Å²) in [7, 11) is 4.28. The van der Waals surface area contributed by atoms with Crippen molar-refractivity contribution < 1.29 is 0 Å². The van der Waals surface area contributed by atoms with Crippen LogP contribution in [-0.2, 0) is 0 Å². The fourth-order valence-electron chi connectivity index (χ4n) is 3.86. The first-order valence-electron chi connectivity index (χ1n) is 15.7. The van der Waals surface area contributed by atoms with Gasteiger partial charge in [0.15, 0.2) is 0 Å². The predicted molar refractivity (Wildman–Crippen MR) is 193 cm³/mol. The van der Waals surface area contributed by atoms with Crippen molar-refractivity contribution in [1.29, 1.82) is 0 Å². The topological polar surface area (TPSA) is 6.48 Å². The van der Waals surface area contributed by atoms with E-state index in [0.29, 0.717) is 0 Å². The third kappa shape index (κ3) is 22.6. The van der Waals surface area contributed by atoms with E-state index >= 15 is 0 Å². The molecule has 1 fully saturated rings. The normalized spacial score (nSPS) is 13.2. The van der Waals surface area contributed by atoms with Gasteiger partial charge in [-0.3, -0.25) is 0 Å². The molecular formula is C39H68N2. The Bertz CT molecular complexity index is 861. The SMILES string of the molecule is C#C.C=C/C(C)=C(/C)N(C)/C(C)=C\C(=C)c1ccccc1C.C=CCCCC.CC.CC.CCC1CCN(C)CC1. The van der Waals surface area contributed by atoms with Gasteiger partial charge >= 0.3 is 0 Å². The summed E-state index contributed by atoms with van der Waals surface area (Å²) in [5.74, 6) is 1.03. The molecule has 0 amide bonds. The van der Waals surface area contributed by atoms with E-state index in [4.69, 9.17) is 0 Å². The Morgan fingerprint density at radius 3 is 1.90 bits per heavy atom. The number of likely N-dealkylation sites (tertiary alicyclic amines) is 1. The number of hydrogen-bond acceptors (Lipinski definition) is 2. The van der Waals surface area contributed by atoms with Gasteiger partial charge in [-0.05, 0) is 101 Å². The van der Waals surface area contributed by atoms with Gasteiger partial charge in [-0.15, -0.1) is 19.4 Å². The highest BCUT2D eigenvalue weighted by molar-refractivity contribution is 5.74. The van der Waals surface area contributed by atoms with Gasteiger partial charge < -0.3 is 9.80 Å². The van der Waals surface area contributed by atoms with Gasteiger partial charge in [0, 0.05) is 18.4 Å². The zero-order chi connectivity index (χ0) is 32.8. The fourth-order valence-corrected chi connectivity index (χ4v) is 3.86. The number of rotatable bonds is 9. The van der Waals surface area contributed by atoms with E-state index in [9.17, 15) is 0 Å². The lowest BCUT2D eigenvalue weighted by Crippen LogP contribution is -2.29. The Hall–Kier alpha value is -2.76. The maximum absolute atomic E-state index is 4.19. The molecule has 2 heteroatoms.